The van der Waals surface area contributed by atoms with Crippen LogP contribution in [0.4, 0.5) is 0 Å². The second-order valence-electron chi connectivity index (χ2n) is 4.70. The van der Waals surface area contributed by atoms with Crippen LogP contribution in [0.25, 0.3) is 0 Å². The maximum Gasteiger partial charge on any atom is 0.136 e. The molecule has 0 saturated heterocycles. The molecule has 1 nitrogen and oxygen atoms in total. The van der Waals surface area contributed by atoms with E-state index in [0.29, 0.717) is 18.1 Å². The van der Waals surface area contributed by atoms with E-state index in [4.69, 9.17) is 0 Å². The number of ketones is 1. The van der Waals surface area contributed by atoms with Gasteiger partial charge in [-0.1, -0.05) is 34.6 Å². The lowest BCUT2D eigenvalue weighted by atomic mass is 10.0. The van der Waals surface area contributed by atoms with Gasteiger partial charge in [-0.25, -0.2) is 0 Å². The third kappa shape index (κ3) is 0.935. The molecule has 1 rings (SSSR count). The molecule has 0 aromatic rings. The molecule has 0 aliphatic heterocycles. The highest BCUT2D eigenvalue weighted by Gasteiger charge is 2.67. The van der Waals surface area contributed by atoms with E-state index in [-0.39, 0.29) is 10.8 Å². The van der Waals surface area contributed by atoms with Gasteiger partial charge in [-0.2, -0.15) is 0 Å². The van der Waals surface area contributed by atoms with E-state index in [1.165, 1.54) is 0 Å². The van der Waals surface area contributed by atoms with Gasteiger partial charge in [-0.15, -0.1) is 0 Å². The fraction of sp³-hybridized carbons (Fsp3) is 0.900. The Labute approximate surface area is 69.2 Å². The number of rotatable bonds is 2. The van der Waals surface area contributed by atoms with E-state index in [1.807, 2.05) is 6.92 Å². The average molecular weight is 154 g/mol. The minimum atomic E-state index is 0.236. The summed E-state index contributed by atoms with van der Waals surface area (Å²) in [4.78, 5) is 11.4. The molecule has 0 atom stereocenters. The topological polar surface area (TPSA) is 17.1 Å². The zero-order valence-electron chi connectivity index (χ0n) is 8.19. The Morgan fingerprint density at radius 1 is 1.18 bits per heavy atom. The second-order valence-corrected chi connectivity index (χ2v) is 4.70. The van der Waals surface area contributed by atoms with Crippen LogP contribution in [-0.2, 0) is 4.79 Å². The predicted molar refractivity (Wildman–Crippen MR) is 46.4 cm³/mol. The number of hydrogen-bond donors (Lipinski definition) is 0. The summed E-state index contributed by atoms with van der Waals surface area (Å²) in [7, 11) is 0. The number of carbonyl (C=O) groups is 1. The highest BCUT2D eigenvalue weighted by Crippen LogP contribution is 2.68. The first kappa shape index (κ1) is 8.76. The molecule has 0 bridgehead atoms. The van der Waals surface area contributed by atoms with Gasteiger partial charge in [0.15, 0.2) is 0 Å². The first-order valence-electron chi connectivity index (χ1n) is 4.38. The molecule has 0 aromatic heterocycles. The molecule has 11 heavy (non-hydrogen) atoms. The third-order valence-electron chi connectivity index (χ3n) is 3.69. The molecule has 0 heterocycles. The molecule has 1 heteroatoms. The van der Waals surface area contributed by atoms with Crippen molar-refractivity contribution in [2.75, 3.05) is 0 Å². The van der Waals surface area contributed by atoms with E-state index >= 15 is 0 Å². The van der Waals surface area contributed by atoms with Crippen LogP contribution in [0, 0.1) is 16.7 Å². The standard InChI is InChI=1S/C10H18O/c1-6-7(11)8-9(2,3)10(8,4)5/h8H,6H2,1-5H3. The first-order valence-corrected chi connectivity index (χ1v) is 4.38. The van der Waals surface area contributed by atoms with E-state index in [0.717, 1.165) is 0 Å². The Bertz CT molecular complexity index is 175. The first-order chi connectivity index (χ1) is 4.85. The van der Waals surface area contributed by atoms with Crippen LogP contribution in [0.1, 0.15) is 41.0 Å². The zero-order chi connectivity index (χ0) is 8.86. The minimum Gasteiger partial charge on any atom is -0.299 e. The predicted octanol–water partition coefficient (Wildman–Crippen LogP) is 2.65. The summed E-state index contributed by atoms with van der Waals surface area (Å²) in [6.45, 7) is 10.7. The number of carbonyl (C=O) groups excluding carboxylic acids is 1. The highest BCUT2D eigenvalue weighted by atomic mass is 16.1. The monoisotopic (exact) mass is 154 g/mol. The third-order valence-corrected chi connectivity index (χ3v) is 3.69. The molecular formula is C10H18O. The van der Waals surface area contributed by atoms with Crippen molar-refractivity contribution in [1.82, 2.24) is 0 Å². The molecule has 0 N–H and O–H groups in total. The molecule has 0 radical (unpaired) electrons. The molecule has 0 unspecified atom stereocenters. The lowest BCUT2D eigenvalue weighted by Crippen LogP contribution is -2.04. The summed E-state index contributed by atoms with van der Waals surface area (Å²) < 4.78 is 0. The molecule has 1 fully saturated rings. The van der Waals surface area contributed by atoms with Gasteiger partial charge in [0.2, 0.25) is 0 Å². The van der Waals surface area contributed by atoms with E-state index in [9.17, 15) is 4.79 Å². The fourth-order valence-corrected chi connectivity index (χ4v) is 2.21. The summed E-state index contributed by atoms with van der Waals surface area (Å²) in [5, 5.41) is 0. The van der Waals surface area contributed by atoms with Crippen molar-refractivity contribution in [1.29, 1.82) is 0 Å². The molecule has 0 amide bonds. The van der Waals surface area contributed by atoms with Gasteiger partial charge in [0.1, 0.15) is 5.78 Å². The number of hydrogen-bond acceptors (Lipinski definition) is 1. The van der Waals surface area contributed by atoms with Crippen molar-refractivity contribution in [2.45, 2.75) is 41.0 Å². The second kappa shape index (κ2) is 2.09. The van der Waals surface area contributed by atoms with Gasteiger partial charge in [-0.05, 0) is 10.8 Å². The molecule has 1 saturated carbocycles. The maximum atomic E-state index is 11.4. The number of Topliss-reactive ketones (excluding diaryl/α,β-unsaturated/α-hetero) is 1. The average Bonchev–Trinajstić information content (AvgIpc) is 2.24. The lowest BCUT2D eigenvalue weighted by Gasteiger charge is -2.03. The smallest absolute Gasteiger partial charge is 0.136 e. The van der Waals surface area contributed by atoms with Gasteiger partial charge in [0.05, 0.1) is 0 Å². The Kier molecular flexibility index (Phi) is 1.66. The van der Waals surface area contributed by atoms with Crippen molar-refractivity contribution >= 4 is 5.78 Å². The summed E-state index contributed by atoms with van der Waals surface area (Å²) in [5.74, 6) is 0.736. The normalized spacial score (nSPS) is 26.6. The quantitative estimate of drug-likeness (QED) is 0.597. The summed E-state index contributed by atoms with van der Waals surface area (Å²) in [6, 6.07) is 0. The summed E-state index contributed by atoms with van der Waals surface area (Å²) in [5.41, 5.74) is 0.472. The molecule has 1 aliphatic carbocycles. The zero-order valence-corrected chi connectivity index (χ0v) is 8.19. The van der Waals surface area contributed by atoms with E-state index < -0.39 is 0 Å². The molecule has 0 spiro atoms. The van der Waals surface area contributed by atoms with Crippen molar-refractivity contribution in [3.8, 4) is 0 Å². The van der Waals surface area contributed by atoms with Crippen molar-refractivity contribution in [2.24, 2.45) is 16.7 Å². The SMILES string of the molecule is CCC(=O)C1C(C)(C)C1(C)C. The van der Waals surface area contributed by atoms with Crippen LogP contribution < -0.4 is 0 Å². The van der Waals surface area contributed by atoms with Crippen LogP contribution in [0.2, 0.25) is 0 Å². The Balaban J connectivity index is 2.75. The molecule has 64 valence electrons. The highest BCUT2D eigenvalue weighted by molar-refractivity contribution is 5.85. The fourth-order valence-electron chi connectivity index (χ4n) is 2.21. The van der Waals surface area contributed by atoms with Crippen molar-refractivity contribution in [3.05, 3.63) is 0 Å². The Hall–Kier alpha value is -0.330. The van der Waals surface area contributed by atoms with Crippen molar-refractivity contribution < 1.29 is 4.79 Å². The van der Waals surface area contributed by atoms with Gasteiger partial charge in [-0.3, -0.25) is 4.79 Å². The van der Waals surface area contributed by atoms with Crippen LogP contribution in [0.15, 0.2) is 0 Å². The lowest BCUT2D eigenvalue weighted by molar-refractivity contribution is -0.121. The van der Waals surface area contributed by atoms with Gasteiger partial charge < -0.3 is 0 Å². The van der Waals surface area contributed by atoms with Crippen LogP contribution in [0.3, 0.4) is 0 Å². The molecular weight excluding hydrogens is 136 g/mol. The van der Waals surface area contributed by atoms with E-state index in [1.54, 1.807) is 0 Å². The summed E-state index contributed by atoms with van der Waals surface area (Å²) in [6.07, 6.45) is 0.692. The largest absolute Gasteiger partial charge is 0.299 e. The summed E-state index contributed by atoms with van der Waals surface area (Å²) >= 11 is 0. The van der Waals surface area contributed by atoms with Gasteiger partial charge in [0, 0.05) is 12.3 Å². The van der Waals surface area contributed by atoms with Crippen LogP contribution in [-0.4, -0.2) is 5.78 Å². The van der Waals surface area contributed by atoms with Gasteiger partial charge in [0.25, 0.3) is 0 Å². The van der Waals surface area contributed by atoms with Crippen molar-refractivity contribution in [3.63, 3.8) is 0 Å². The minimum absolute atomic E-state index is 0.236. The maximum absolute atomic E-state index is 11.4. The Morgan fingerprint density at radius 3 is 1.64 bits per heavy atom. The van der Waals surface area contributed by atoms with E-state index in [2.05, 4.69) is 27.7 Å². The molecule has 1 aliphatic rings. The Morgan fingerprint density at radius 2 is 1.55 bits per heavy atom. The van der Waals surface area contributed by atoms with Gasteiger partial charge >= 0.3 is 0 Å². The van der Waals surface area contributed by atoms with Crippen LogP contribution in [0.5, 0.6) is 0 Å². The molecule has 0 aromatic carbocycles. The van der Waals surface area contributed by atoms with Crippen LogP contribution >= 0.6 is 0 Å².